The molecule has 1 atom stereocenters. The van der Waals surface area contributed by atoms with Crippen molar-refractivity contribution in [2.75, 3.05) is 32.7 Å². The highest BCUT2D eigenvalue weighted by molar-refractivity contribution is 7.14. The van der Waals surface area contributed by atoms with Crippen LogP contribution in [0, 0.1) is 5.82 Å². The van der Waals surface area contributed by atoms with Crippen LogP contribution >= 0.6 is 22.7 Å². The van der Waals surface area contributed by atoms with Gasteiger partial charge in [0.2, 0.25) is 0 Å². The summed E-state index contributed by atoms with van der Waals surface area (Å²) in [4.78, 5) is 9.44. The Bertz CT molecular complexity index is 843. The Morgan fingerprint density at radius 3 is 2.48 bits per heavy atom. The molecule has 1 N–H and O–H groups in total. The first-order valence-electron chi connectivity index (χ1n) is 9.02. The Morgan fingerprint density at radius 2 is 1.78 bits per heavy atom. The van der Waals surface area contributed by atoms with Gasteiger partial charge in [-0.3, -0.25) is 9.80 Å². The maximum absolute atomic E-state index is 13.0. The Morgan fingerprint density at radius 1 is 1.04 bits per heavy atom. The van der Waals surface area contributed by atoms with Crippen LogP contribution in [-0.2, 0) is 6.54 Å². The molecule has 0 bridgehead atoms. The van der Waals surface area contributed by atoms with Crippen LogP contribution in [0.15, 0.2) is 46.5 Å². The molecule has 0 radical (unpaired) electrons. The van der Waals surface area contributed by atoms with Crippen molar-refractivity contribution in [1.82, 2.24) is 14.8 Å². The molecular weight excluding hydrogens is 381 g/mol. The van der Waals surface area contributed by atoms with Crippen molar-refractivity contribution in [2.45, 2.75) is 12.6 Å². The van der Waals surface area contributed by atoms with Crippen LogP contribution in [0.3, 0.4) is 0 Å². The number of aliphatic hydroxyl groups is 1. The van der Waals surface area contributed by atoms with E-state index in [4.69, 9.17) is 4.98 Å². The third-order valence-corrected chi connectivity index (χ3v) is 6.48. The third kappa shape index (κ3) is 4.80. The molecular formula is C20H22FN3OS2. The molecule has 0 amide bonds. The van der Waals surface area contributed by atoms with E-state index in [0.717, 1.165) is 49.0 Å². The molecule has 1 saturated heterocycles. The number of hydrogen-bond acceptors (Lipinski definition) is 6. The van der Waals surface area contributed by atoms with Crippen LogP contribution < -0.4 is 0 Å². The lowest BCUT2D eigenvalue weighted by Crippen LogP contribution is -2.47. The van der Waals surface area contributed by atoms with Gasteiger partial charge in [-0.25, -0.2) is 9.37 Å². The summed E-state index contributed by atoms with van der Waals surface area (Å²) in [6, 6.07) is 8.22. The number of piperazine rings is 1. The molecule has 27 heavy (non-hydrogen) atoms. The van der Waals surface area contributed by atoms with E-state index in [9.17, 15) is 9.50 Å². The van der Waals surface area contributed by atoms with Crippen LogP contribution in [0.2, 0.25) is 0 Å². The lowest BCUT2D eigenvalue weighted by atomic mass is 10.1. The van der Waals surface area contributed by atoms with Crippen LogP contribution in [0.4, 0.5) is 4.39 Å². The summed E-state index contributed by atoms with van der Waals surface area (Å²) < 4.78 is 13.0. The van der Waals surface area contributed by atoms with E-state index in [0.29, 0.717) is 6.54 Å². The molecule has 1 unspecified atom stereocenters. The molecule has 3 heterocycles. The van der Waals surface area contributed by atoms with Crippen molar-refractivity contribution in [3.63, 3.8) is 0 Å². The van der Waals surface area contributed by atoms with E-state index >= 15 is 0 Å². The molecule has 4 nitrogen and oxygen atoms in total. The number of thiazole rings is 1. The number of nitrogens with zero attached hydrogens (tertiary/aromatic N) is 3. The van der Waals surface area contributed by atoms with Gasteiger partial charge in [0.15, 0.2) is 0 Å². The second-order valence-corrected chi connectivity index (χ2v) is 8.44. The second-order valence-electron chi connectivity index (χ2n) is 6.80. The van der Waals surface area contributed by atoms with Crippen LogP contribution in [-0.4, -0.2) is 52.6 Å². The summed E-state index contributed by atoms with van der Waals surface area (Å²) in [6.07, 6.45) is -0.580. The molecule has 7 heteroatoms. The molecule has 2 aromatic heterocycles. The number of rotatable bonds is 6. The zero-order valence-electron chi connectivity index (χ0n) is 14.9. The molecule has 0 aliphatic carbocycles. The number of benzene rings is 1. The van der Waals surface area contributed by atoms with Crippen LogP contribution in [0.5, 0.6) is 0 Å². The summed E-state index contributed by atoms with van der Waals surface area (Å²) in [5.41, 5.74) is 3.10. The van der Waals surface area contributed by atoms with Gasteiger partial charge < -0.3 is 5.11 Å². The maximum Gasteiger partial charge on any atom is 0.124 e. The fourth-order valence-electron chi connectivity index (χ4n) is 3.29. The van der Waals surface area contributed by atoms with E-state index in [2.05, 4.69) is 32.0 Å². The molecule has 1 aliphatic heterocycles. The number of β-amino-alcohol motifs (C(OH)–C–C–N with tert-alkyl or cyclic N) is 1. The van der Waals surface area contributed by atoms with Gasteiger partial charge in [-0.15, -0.1) is 11.3 Å². The lowest BCUT2D eigenvalue weighted by Gasteiger charge is -2.35. The van der Waals surface area contributed by atoms with E-state index in [1.807, 2.05) is 0 Å². The van der Waals surface area contributed by atoms with Gasteiger partial charge in [0.25, 0.3) is 0 Å². The minimum Gasteiger partial charge on any atom is -0.387 e. The third-order valence-electron chi connectivity index (χ3n) is 4.86. The highest BCUT2D eigenvalue weighted by Gasteiger charge is 2.20. The fraction of sp³-hybridized carbons (Fsp3) is 0.350. The normalized spacial score (nSPS) is 17.3. The van der Waals surface area contributed by atoms with Gasteiger partial charge in [-0.05, 0) is 29.1 Å². The molecule has 4 rings (SSSR count). The summed E-state index contributed by atoms with van der Waals surface area (Å²) >= 11 is 3.40. The summed E-state index contributed by atoms with van der Waals surface area (Å²) in [5.74, 6) is -0.274. The first-order chi connectivity index (χ1) is 13.2. The molecule has 1 aliphatic rings. The Kier molecular flexibility index (Phi) is 5.95. The number of aliphatic hydroxyl groups excluding tert-OH is 1. The predicted molar refractivity (Wildman–Crippen MR) is 109 cm³/mol. The van der Waals surface area contributed by atoms with E-state index < -0.39 is 6.10 Å². The fourth-order valence-corrected chi connectivity index (χ4v) is 4.82. The molecule has 142 valence electrons. The van der Waals surface area contributed by atoms with Crippen molar-refractivity contribution >= 4 is 22.7 Å². The van der Waals surface area contributed by atoms with Gasteiger partial charge in [0.1, 0.15) is 10.8 Å². The number of halogens is 1. The molecule has 0 saturated carbocycles. The lowest BCUT2D eigenvalue weighted by molar-refractivity contribution is 0.0697. The number of hydrogen-bond donors (Lipinski definition) is 1. The largest absolute Gasteiger partial charge is 0.387 e. The van der Waals surface area contributed by atoms with Crippen molar-refractivity contribution < 1.29 is 9.50 Å². The SMILES string of the molecule is OC(CN1CCN(Cc2csc(-c3ccsc3)n2)CC1)c1ccc(F)cc1. The summed E-state index contributed by atoms with van der Waals surface area (Å²) in [7, 11) is 0. The monoisotopic (exact) mass is 403 g/mol. The minimum absolute atomic E-state index is 0.274. The smallest absolute Gasteiger partial charge is 0.124 e. The minimum atomic E-state index is -0.580. The highest BCUT2D eigenvalue weighted by atomic mass is 32.1. The van der Waals surface area contributed by atoms with Gasteiger partial charge in [-0.2, -0.15) is 11.3 Å². The summed E-state index contributed by atoms with van der Waals surface area (Å²) in [6.45, 7) is 5.20. The Labute approximate surface area is 166 Å². The van der Waals surface area contributed by atoms with Crippen molar-refractivity contribution in [2.24, 2.45) is 0 Å². The van der Waals surface area contributed by atoms with Crippen molar-refractivity contribution in [3.8, 4) is 10.6 Å². The average molecular weight is 404 g/mol. The second kappa shape index (κ2) is 8.58. The quantitative estimate of drug-likeness (QED) is 0.678. The first kappa shape index (κ1) is 18.7. The topological polar surface area (TPSA) is 39.6 Å². The summed E-state index contributed by atoms with van der Waals surface area (Å²) in [5, 5.41) is 17.8. The zero-order chi connectivity index (χ0) is 18.6. The zero-order valence-corrected chi connectivity index (χ0v) is 16.6. The average Bonchev–Trinajstić information content (AvgIpc) is 3.35. The molecule has 0 spiro atoms. The molecule has 1 fully saturated rings. The first-order valence-corrected chi connectivity index (χ1v) is 10.8. The molecule has 3 aromatic rings. The Hall–Kier alpha value is -1.64. The number of thiophene rings is 1. The predicted octanol–water partition coefficient (Wildman–Crippen LogP) is 3.86. The van der Waals surface area contributed by atoms with Crippen LogP contribution in [0.1, 0.15) is 17.4 Å². The standard InChI is InChI=1S/C20H22FN3OS2/c21-17-3-1-15(2-4-17)19(25)12-24-8-6-23(7-9-24)11-18-14-27-20(22-18)16-5-10-26-13-16/h1-5,10,13-14,19,25H,6-9,11-12H2. The van der Waals surface area contributed by atoms with E-state index in [-0.39, 0.29) is 5.82 Å². The van der Waals surface area contributed by atoms with E-state index in [1.54, 1.807) is 34.8 Å². The van der Waals surface area contributed by atoms with Crippen LogP contribution in [0.25, 0.3) is 10.6 Å². The Balaban J connectivity index is 1.26. The van der Waals surface area contributed by atoms with Crippen molar-refractivity contribution in [1.29, 1.82) is 0 Å². The van der Waals surface area contributed by atoms with Gasteiger partial charge in [0, 0.05) is 55.6 Å². The number of aromatic nitrogens is 1. The van der Waals surface area contributed by atoms with Gasteiger partial charge in [-0.1, -0.05) is 12.1 Å². The maximum atomic E-state index is 13.0. The molecule has 1 aromatic carbocycles. The van der Waals surface area contributed by atoms with Gasteiger partial charge in [0.05, 0.1) is 11.8 Å². The van der Waals surface area contributed by atoms with E-state index in [1.165, 1.54) is 17.7 Å². The van der Waals surface area contributed by atoms with Gasteiger partial charge >= 0.3 is 0 Å². The van der Waals surface area contributed by atoms with Crippen molar-refractivity contribution in [3.05, 3.63) is 63.5 Å². The highest BCUT2D eigenvalue weighted by Crippen LogP contribution is 2.26.